The standard InChI is InChI=1S/C24H37NO3/c1-6-8-9-13-19-16-21(26)20(23(27)22(19)24(28)25-7-2)15-14-18(5)12-10-11-17(3)4/h11,14,16,26-27H,6-10,12-13,15H2,1-5H3,(H,25,28). The van der Waals surface area contributed by atoms with Crippen LogP contribution in [0.3, 0.4) is 0 Å². The molecule has 4 nitrogen and oxygen atoms in total. The van der Waals surface area contributed by atoms with Gasteiger partial charge in [-0.1, -0.05) is 43.1 Å². The lowest BCUT2D eigenvalue weighted by molar-refractivity contribution is 0.0952. The van der Waals surface area contributed by atoms with Gasteiger partial charge in [0.2, 0.25) is 0 Å². The summed E-state index contributed by atoms with van der Waals surface area (Å²) in [6, 6.07) is 1.65. The number of amides is 1. The van der Waals surface area contributed by atoms with Crippen LogP contribution >= 0.6 is 0 Å². The summed E-state index contributed by atoms with van der Waals surface area (Å²) in [6.07, 6.45) is 10.2. The maximum atomic E-state index is 12.6. The molecule has 28 heavy (non-hydrogen) atoms. The van der Waals surface area contributed by atoms with E-state index < -0.39 is 0 Å². The highest BCUT2D eigenvalue weighted by Crippen LogP contribution is 2.35. The summed E-state index contributed by atoms with van der Waals surface area (Å²) in [5.41, 5.74) is 3.93. The van der Waals surface area contributed by atoms with E-state index in [9.17, 15) is 15.0 Å². The van der Waals surface area contributed by atoms with Gasteiger partial charge in [-0.2, -0.15) is 0 Å². The molecule has 0 radical (unpaired) electrons. The zero-order chi connectivity index (χ0) is 21.1. The summed E-state index contributed by atoms with van der Waals surface area (Å²) in [6.45, 7) is 10.7. The lowest BCUT2D eigenvalue weighted by atomic mass is 9.94. The Morgan fingerprint density at radius 1 is 1.11 bits per heavy atom. The number of aromatic hydroxyl groups is 2. The second kappa shape index (κ2) is 12.3. The Labute approximate surface area is 170 Å². The Balaban J connectivity index is 3.13. The van der Waals surface area contributed by atoms with Crippen LogP contribution in [0.25, 0.3) is 0 Å². The Morgan fingerprint density at radius 3 is 2.43 bits per heavy atom. The number of unbranched alkanes of at least 4 members (excludes halogenated alkanes) is 2. The molecule has 0 aliphatic heterocycles. The summed E-state index contributed by atoms with van der Waals surface area (Å²) in [4.78, 5) is 12.6. The van der Waals surface area contributed by atoms with Crippen molar-refractivity contribution in [3.05, 3.63) is 46.1 Å². The van der Waals surface area contributed by atoms with Crippen molar-refractivity contribution in [2.75, 3.05) is 6.54 Å². The van der Waals surface area contributed by atoms with E-state index in [0.29, 0.717) is 36.1 Å². The van der Waals surface area contributed by atoms with Crippen LogP contribution in [0.2, 0.25) is 0 Å². The zero-order valence-electron chi connectivity index (χ0n) is 18.2. The van der Waals surface area contributed by atoms with E-state index in [1.807, 2.05) is 13.0 Å². The first-order valence-corrected chi connectivity index (χ1v) is 10.5. The molecule has 3 N–H and O–H groups in total. The third-order valence-electron chi connectivity index (χ3n) is 4.82. The zero-order valence-corrected chi connectivity index (χ0v) is 18.2. The second-order valence-electron chi connectivity index (χ2n) is 7.65. The van der Waals surface area contributed by atoms with Crippen molar-refractivity contribution in [3.63, 3.8) is 0 Å². The van der Waals surface area contributed by atoms with Gasteiger partial charge in [-0.05, 0) is 71.4 Å². The first-order valence-electron chi connectivity index (χ1n) is 10.5. The number of phenolic OH excluding ortho intramolecular Hbond substituents is 2. The van der Waals surface area contributed by atoms with E-state index in [4.69, 9.17) is 0 Å². The van der Waals surface area contributed by atoms with Gasteiger partial charge in [0.05, 0.1) is 5.56 Å². The van der Waals surface area contributed by atoms with Crippen LogP contribution in [-0.2, 0) is 12.8 Å². The third-order valence-corrected chi connectivity index (χ3v) is 4.82. The maximum absolute atomic E-state index is 12.6. The van der Waals surface area contributed by atoms with E-state index in [-0.39, 0.29) is 17.4 Å². The number of allylic oxidation sites excluding steroid dienone is 4. The Morgan fingerprint density at radius 2 is 1.82 bits per heavy atom. The fraction of sp³-hybridized carbons (Fsp3) is 0.542. The highest BCUT2D eigenvalue weighted by atomic mass is 16.3. The third kappa shape index (κ3) is 7.41. The van der Waals surface area contributed by atoms with Gasteiger partial charge in [0.25, 0.3) is 5.91 Å². The van der Waals surface area contributed by atoms with Gasteiger partial charge in [-0.3, -0.25) is 4.79 Å². The van der Waals surface area contributed by atoms with Gasteiger partial charge in [-0.15, -0.1) is 0 Å². The van der Waals surface area contributed by atoms with Crippen molar-refractivity contribution in [1.29, 1.82) is 0 Å². The molecule has 1 aromatic carbocycles. The monoisotopic (exact) mass is 387 g/mol. The maximum Gasteiger partial charge on any atom is 0.255 e. The van der Waals surface area contributed by atoms with Crippen LogP contribution in [-0.4, -0.2) is 22.7 Å². The molecule has 1 aromatic rings. The molecule has 0 bridgehead atoms. The molecular weight excluding hydrogens is 350 g/mol. The second-order valence-corrected chi connectivity index (χ2v) is 7.65. The molecule has 0 atom stereocenters. The van der Waals surface area contributed by atoms with Gasteiger partial charge >= 0.3 is 0 Å². The molecule has 0 saturated heterocycles. The number of nitrogens with one attached hydrogen (secondary N) is 1. The molecule has 0 heterocycles. The van der Waals surface area contributed by atoms with Crippen LogP contribution in [0.15, 0.2) is 29.4 Å². The number of rotatable bonds is 11. The minimum atomic E-state index is -0.281. The minimum absolute atomic E-state index is 0.0606. The van der Waals surface area contributed by atoms with E-state index in [2.05, 4.69) is 39.1 Å². The predicted molar refractivity (Wildman–Crippen MR) is 117 cm³/mol. The smallest absolute Gasteiger partial charge is 0.255 e. The first kappa shape index (κ1) is 23.8. The molecule has 1 rings (SSSR count). The van der Waals surface area contributed by atoms with Crippen LogP contribution in [0, 0.1) is 0 Å². The van der Waals surface area contributed by atoms with E-state index in [1.54, 1.807) is 6.07 Å². The van der Waals surface area contributed by atoms with Crippen molar-refractivity contribution in [3.8, 4) is 11.5 Å². The average molecular weight is 388 g/mol. The summed E-state index contributed by atoms with van der Waals surface area (Å²) in [5.74, 6) is -0.312. The van der Waals surface area contributed by atoms with Crippen LogP contribution < -0.4 is 5.32 Å². The van der Waals surface area contributed by atoms with Gasteiger partial charge in [0.1, 0.15) is 11.5 Å². The normalized spacial score (nSPS) is 11.4. The highest BCUT2D eigenvalue weighted by Gasteiger charge is 2.21. The van der Waals surface area contributed by atoms with Gasteiger partial charge < -0.3 is 15.5 Å². The first-order chi connectivity index (χ1) is 13.3. The molecule has 0 unspecified atom stereocenters. The Bertz CT molecular complexity index is 713. The van der Waals surface area contributed by atoms with Crippen molar-refractivity contribution in [2.24, 2.45) is 0 Å². The molecular formula is C24H37NO3. The van der Waals surface area contributed by atoms with E-state index >= 15 is 0 Å². The molecule has 0 aliphatic rings. The summed E-state index contributed by atoms with van der Waals surface area (Å²) in [7, 11) is 0. The number of hydrogen-bond acceptors (Lipinski definition) is 3. The topological polar surface area (TPSA) is 69.6 Å². The quantitative estimate of drug-likeness (QED) is 0.331. The summed E-state index contributed by atoms with van der Waals surface area (Å²) in [5, 5.41) is 24.1. The summed E-state index contributed by atoms with van der Waals surface area (Å²) >= 11 is 0. The summed E-state index contributed by atoms with van der Waals surface area (Å²) < 4.78 is 0. The fourth-order valence-electron chi connectivity index (χ4n) is 3.18. The minimum Gasteiger partial charge on any atom is -0.508 e. The largest absolute Gasteiger partial charge is 0.508 e. The van der Waals surface area contributed by atoms with E-state index in [0.717, 1.165) is 32.1 Å². The number of carbonyl (C=O) groups is 1. The predicted octanol–water partition coefficient (Wildman–Crippen LogP) is 5.82. The molecule has 156 valence electrons. The van der Waals surface area contributed by atoms with Crippen LogP contribution in [0.4, 0.5) is 0 Å². The van der Waals surface area contributed by atoms with Crippen LogP contribution in [0.5, 0.6) is 11.5 Å². The highest BCUT2D eigenvalue weighted by molar-refractivity contribution is 5.99. The van der Waals surface area contributed by atoms with Gasteiger partial charge in [0.15, 0.2) is 0 Å². The molecule has 4 heteroatoms. The number of benzene rings is 1. The lowest BCUT2D eigenvalue weighted by Gasteiger charge is -2.16. The Kier molecular flexibility index (Phi) is 10.4. The lowest BCUT2D eigenvalue weighted by Crippen LogP contribution is -2.24. The number of phenols is 2. The van der Waals surface area contributed by atoms with Crippen LogP contribution in [0.1, 0.15) is 88.2 Å². The van der Waals surface area contributed by atoms with E-state index in [1.165, 1.54) is 11.1 Å². The van der Waals surface area contributed by atoms with Gasteiger partial charge in [-0.25, -0.2) is 0 Å². The number of carbonyl (C=O) groups excluding carboxylic acids is 1. The fourth-order valence-corrected chi connectivity index (χ4v) is 3.18. The average Bonchev–Trinajstić information content (AvgIpc) is 2.61. The SMILES string of the molecule is CCCCCc1cc(O)c(CC=C(C)CCC=C(C)C)c(O)c1C(=O)NCC. The molecule has 0 spiro atoms. The van der Waals surface area contributed by atoms with Gasteiger partial charge in [0, 0.05) is 12.1 Å². The van der Waals surface area contributed by atoms with Crippen molar-refractivity contribution >= 4 is 5.91 Å². The Hall–Kier alpha value is -2.23. The number of hydrogen-bond donors (Lipinski definition) is 3. The van der Waals surface area contributed by atoms with Crippen molar-refractivity contribution in [1.82, 2.24) is 5.32 Å². The molecule has 0 aromatic heterocycles. The van der Waals surface area contributed by atoms with Crippen molar-refractivity contribution in [2.45, 2.75) is 79.6 Å². The number of aryl methyl sites for hydroxylation is 1. The molecule has 0 saturated carbocycles. The van der Waals surface area contributed by atoms with Crippen molar-refractivity contribution < 1.29 is 15.0 Å². The molecule has 0 fully saturated rings. The molecule has 1 amide bonds. The molecule has 0 aliphatic carbocycles.